The largest absolute Gasteiger partial charge is 0.366 e. The monoisotopic (exact) mass is 346 g/mol. The van der Waals surface area contributed by atoms with Crippen molar-refractivity contribution in [1.82, 2.24) is 10.6 Å². The van der Waals surface area contributed by atoms with Crippen LogP contribution in [0.1, 0.15) is 36.0 Å². The van der Waals surface area contributed by atoms with Crippen LogP contribution in [-0.4, -0.2) is 42.9 Å². The Labute approximate surface area is 145 Å². The van der Waals surface area contributed by atoms with Gasteiger partial charge in [0.05, 0.1) is 4.92 Å². The fourth-order valence-electron chi connectivity index (χ4n) is 3.41. The minimum Gasteiger partial charge on any atom is -0.366 e. The Kier molecular flexibility index (Phi) is 5.28. The van der Waals surface area contributed by atoms with Gasteiger partial charge < -0.3 is 10.2 Å². The smallest absolute Gasteiger partial charge is 0.293 e. The number of nitro groups is 1. The Morgan fingerprint density at radius 2 is 1.88 bits per heavy atom. The van der Waals surface area contributed by atoms with E-state index in [1.165, 1.54) is 6.07 Å². The highest BCUT2D eigenvalue weighted by molar-refractivity contribution is 6.06. The molecule has 134 valence electrons. The lowest BCUT2D eigenvalue weighted by molar-refractivity contribution is -0.384. The third-order valence-electron chi connectivity index (χ3n) is 4.83. The molecule has 0 spiro atoms. The van der Waals surface area contributed by atoms with Crippen LogP contribution in [0.4, 0.5) is 11.4 Å². The topological polar surface area (TPSA) is 105 Å². The lowest BCUT2D eigenvalue weighted by Crippen LogP contribution is -2.40. The predicted octanol–water partition coefficient (Wildman–Crippen LogP) is 1.45. The van der Waals surface area contributed by atoms with Crippen LogP contribution in [0.15, 0.2) is 18.2 Å². The number of rotatable bonds is 4. The number of anilines is 1. The van der Waals surface area contributed by atoms with Gasteiger partial charge in [0.15, 0.2) is 0 Å². The molecule has 2 aliphatic rings. The van der Waals surface area contributed by atoms with E-state index in [4.69, 9.17) is 0 Å². The molecule has 2 saturated heterocycles. The molecular formula is C17H22N4O4. The van der Waals surface area contributed by atoms with E-state index in [2.05, 4.69) is 10.6 Å². The summed E-state index contributed by atoms with van der Waals surface area (Å²) >= 11 is 0. The molecule has 2 N–H and O–H groups in total. The lowest BCUT2D eigenvalue weighted by atomic mass is 9.97. The molecular weight excluding hydrogens is 324 g/mol. The van der Waals surface area contributed by atoms with E-state index < -0.39 is 10.8 Å². The molecule has 1 aromatic rings. The second-order valence-corrected chi connectivity index (χ2v) is 6.50. The van der Waals surface area contributed by atoms with Crippen LogP contribution >= 0.6 is 0 Å². The Balaban J connectivity index is 1.74. The molecule has 0 radical (unpaired) electrons. The van der Waals surface area contributed by atoms with E-state index in [9.17, 15) is 19.7 Å². The molecule has 0 bridgehead atoms. The molecule has 2 aliphatic heterocycles. The zero-order valence-corrected chi connectivity index (χ0v) is 14.0. The number of hydrogen-bond donors (Lipinski definition) is 2. The molecule has 2 fully saturated rings. The van der Waals surface area contributed by atoms with Crippen molar-refractivity contribution >= 4 is 23.2 Å². The lowest BCUT2D eigenvalue weighted by Gasteiger charge is -2.21. The van der Waals surface area contributed by atoms with E-state index in [1.54, 1.807) is 12.1 Å². The number of hydrogen-bond acceptors (Lipinski definition) is 6. The average Bonchev–Trinajstić information content (AvgIpc) is 3.16. The van der Waals surface area contributed by atoms with Gasteiger partial charge in [-0.2, -0.15) is 0 Å². The second-order valence-electron chi connectivity index (χ2n) is 6.50. The van der Waals surface area contributed by atoms with Crippen LogP contribution in [0.3, 0.4) is 0 Å². The van der Waals surface area contributed by atoms with Crippen LogP contribution < -0.4 is 15.5 Å². The van der Waals surface area contributed by atoms with Gasteiger partial charge in [0.1, 0.15) is 5.69 Å². The van der Waals surface area contributed by atoms with E-state index in [-0.39, 0.29) is 23.1 Å². The number of carbonyl (C=O) groups is 2. The van der Waals surface area contributed by atoms with Gasteiger partial charge in [-0.25, -0.2) is 0 Å². The Morgan fingerprint density at radius 3 is 2.52 bits per heavy atom. The van der Waals surface area contributed by atoms with Crippen LogP contribution in [0.25, 0.3) is 0 Å². The zero-order chi connectivity index (χ0) is 17.8. The standard InChI is InChI=1S/C17H22N4O4/c22-16(12-5-7-18-8-6-12)19-17(23)13-3-4-14(15(11-13)21(24)25)20-9-1-2-10-20/h3-4,11-12,18H,1-2,5-10H2,(H,19,22,23). The van der Waals surface area contributed by atoms with Crippen LogP contribution in [0.2, 0.25) is 0 Å². The Hall–Kier alpha value is -2.48. The van der Waals surface area contributed by atoms with E-state index in [1.807, 2.05) is 4.90 Å². The second kappa shape index (κ2) is 7.60. The van der Waals surface area contributed by atoms with Crippen molar-refractivity contribution in [3.63, 3.8) is 0 Å². The first-order valence-electron chi connectivity index (χ1n) is 8.65. The van der Waals surface area contributed by atoms with Gasteiger partial charge in [0.2, 0.25) is 5.91 Å². The molecule has 2 heterocycles. The molecule has 8 heteroatoms. The summed E-state index contributed by atoms with van der Waals surface area (Å²) in [6.07, 6.45) is 3.38. The molecule has 0 unspecified atom stereocenters. The minimum atomic E-state index is -0.584. The van der Waals surface area contributed by atoms with Gasteiger partial charge in [-0.15, -0.1) is 0 Å². The summed E-state index contributed by atoms with van der Waals surface area (Å²) < 4.78 is 0. The first-order chi connectivity index (χ1) is 12.1. The Bertz CT molecular complexity index is 679. The summed E-state index contributed by atoms with van der Waals surface area (Å²) in [5.74, 6) is -1.08. The Morgan fingerprint density at radius 1 is 1.20 bits per heavy atom. The van der Waals surface area contributed by atoms with Crippen LogP contribution in [0.5, 0.6) is 0 Å². The fourth-order valence-corrected chi connectivity index (χ4v) is 3.41. The highest BCUT2D eigenvalue weighted by atomic mass is 16.6. The summed E-state index contributed by atoms with van der Waals surface area (Å²) in [6.45, 7) is 3.06. The summed E-state index contributed by atoms with van der Waals surface area (Å²) in [6, 6.07) is 4.41. The number of nitrogens with one attached hydrogen (secondary N) is 2. The summed E-state index contributed by atoms with van der Waals surface area (Å²) in [4.78, 5) is 37.4. The third kappa shape index (κ3) is 3.96. The van der Waals surface area contributed by atoms with Gasteiger partial charge >= 0.3 is 0 Å². The van der Waals surface area contributed by atoms with Crippen molar-refractivity contribution in [1.29, 1.82) is 0 Å². The minimum absolute atomic E-state index is 0.0936. The van der Waals surface area contributed by atoms with E-state index >= 15 is 0 Å². The molecule has 25 heavy (non-hydrogen) atoms. The van der Waals surface area contributed by atoms with Crippen molar-refractivity contribution in [2.24, 2.45) is 5.92 Å². The van der Waals surface area contributed by atoms with Crippen molar-refractivity contribution in [2.75, 3.05) is 31.1 Å². The molecule has 2 amide bonds. The zero-order valence-electron chi connectivity index (χ0n) is 14.0. The third-order valence-corrected chi connectivity index (χ3v) is 4.83. The average molecular weight is 346 g/mol. The molecule has 1 aromatic carbocycles. The summed E-state index contributed by atoms with van der Waals surface area (Å²) in [5, 5.41) is 16.9. The predicted molar refractivity (Wildman–Crippen MR) is 92.6 cm³/mol. The number of imide groups is 1. The molecule has 0 saturated carbocycles. The summed E-state index contributed by atoms with van der Waals surface area (Å²) in [5.41, 5.74) is 0.574. The van der Waals surface area contributed by atoms with Crippen LogP contribution in [-0.2, 0) is 4.79 Å². The van der Waals surface area contributed by atoms with Crippen molar-refractivity contribution in [2.45, 2.75) is 25.7 Å². The van der Waals surface area contributed by atoms with Crippen molar-refractivity contribution < 1.29 is 14.5 Å². The molecule has 0 atom stereocenters. The fraction of sp³-hybridized carbons (Fsp3) is 0.529. The molecule has 0 aliphatic carbocycles. The normalized spacial score (nSPS) is 18.2. The van der Waals surface area contributed by atoms with Gasteiger partial charge in [-0.05, 0) is 50.9 Å². The first-order valence-corrected chi connectivity index (χ1v) is 8.65. The van der Waals surface area contributed by atoms with Crippen LogP contribution in [0, 0.1) is 16.0 Å². The quantitative estimate of drug-likeness (QED) is 0.486. The first kappa shape index (κ1) is 17.3. The number of nitro benzene ring substituents is 1. The molecule has 0 aromatic heterocycles. The van der Waals surface area contributed by atoms with Gasteiger partial charge in [-0.1, -0.05) is 0 Å². The van der Waals surface area contributed by atoms with Gasteiger partial charge in [0, 0.05) is 30.6 Å². The maximum Gasteiger partial charge on any atom is 0.293 e. The highest BCUT2D eigenvalue weighted by Crippen LogP contribution is 2.31. The molecule has 3 rings (SSSR count). The van der Waals surface area contributed by atoms with Gasteiger partial charge in [0.25, 0.3) is 11.6 Å². The van der Waals surface area contributed by atoms with Gasteiger partial charge in [-0.3, -0.25) is 25.0 Å². The van der Waals surface area contributed by atoms with E-state index in [0.29, 0.717) is 18.5 Å². The number of amides is 2. The number of carbonyl (C=O) groups excluding carboxylic acids is 2. The highest BCUT2D eigenvalue weighted by Gasteiger charge is 2.26. The maximum atomic E-state index is 12.3. The number of benzene rings is 1. The maximum absolute atomic E-state index is 12.3. The summed E-state index contributed by atoms with van der Waals surface area (Å²) in [7, 11) is 0. The number of piperidine rings is 1. The molecule has 8 nitrogen and oxygen atoms in total. The van der Waals surface area contributed by atoms with E-state index in [0.717, 1.165) is 39.0 Å². The SMILES string of the molecule is O=C(NC(=O)C1CCNCC1)c1ccc(N2CCCC2)c([N+](=O)[O-])c1. The van der Waals surface area contributed by atoms with Crippen molar-refractivity contribution in [3.05, 3.63) is 33.9 Å². The van der Waals surface area contributed by atoms with Crippen molar-refractivity contribution in [3.8, 4) is 0 Å². The number of nitrogens with zero attached hydrogens (tertiary/aromatic N) is 2.